The minimum atomic E-state index is -3.48. The minimum Gasteiger partial charge on any atom is -0.341 e. The quantitative estimate of drug-likeness (QED) is 0.780. The summed E-state index contributed by atoms with van der Waals surface area (Å²) in [7, 11) is -3.48. The molecular weight excluding hydrogens is 336 g/mol. The van der Waals surface area contributed by atoms with Gasteiger partial charge in [-0.25, -0.2) is 8.42 Å². The van der Waals surface area contributed by atoms with E-state index in [0.29, 0.717) is 37.5 Å². The highest BCUT2D eigenvalue weighted by atomic mass is 32.2. The summed E-state index contributed by atoms with van der Waals surface area (Å²) in [5, 5.41) is 0. The number of benzene rings is 1. The maximum atomic E-state index is 12.9. The van der Waals surface area contributed by atoms with Crippen molar-refractivity contribution in [1.82, 2.24) is 9.21 Å². The molecule has 1 aromatic carbocycles. The third-order valence-corrected chi connectivity index (χ3v) is 6.99. The van der Waals surface area contributed by atoms with Gasteiger partial charge in [-0.3, -0.25) is 4.79 Å². The van der Waals surface area contributed by atoms with Gasteiger partial charge in [0, 0.05) is 32.1 Å². The van der Waals surface area contributed by atoms with Gasteiger partial charge in [-0.15, -0.1) is 0 Å². The van der Waals surface area contributed by atoms with Gasteiger partial charge < -0.3 is 4.90 Å². The van der Waals surface area contributed by atoms with Gasteiger partial charge in [-0.2, -0.15) is 4.31 Å². The lowest BCUT2D eigenvalue weighted by Crippen LogP contribution is -2.37. The first kappa shape index (κ1) is 18.4. The zero-order chi connectivity index (χ0) is 17.9. The molecule has 6 heteroatoms. The molecule has 1 aliphatic heterocycles. The van der Waals surface area contributed by atoms with Crippen molar-refractivity contribution in [2.45, 2.75) is 50.3 Å². The number of amides is 1. The van der Waals surface area contributed by atoms with Gasteiger partial charge >= 0.3 is 0 Å². The van der Waals surface area contributed by atoms with Crippen molar-refractivity contribution in [3.8, 4) is 0 Å². The largest absolute Gasteiger partial charge is 0.341 e. The van der Waals surface area contributed by atoms with Crippen LogP contribution in [0.5, 0.6) is 0 Å². The Morgan fingerprint density at radius 1 is 1.08 bits per heavy atom. The lowest BCUT2D eigenvalue weighted by Gasteiger charge is -2.22. The summed E-state index contributed by atoms with van der Waals surface area (Å²) in [5.41, 5.74) is 1.18. The van der Waals surface area contributed by atoms with Crippen LogP contribution >= 0.6 is 0 Å². The molecule has 1 saturated heterocycles. The van der Waals surface area contributed by atoms with Crippen LogP contribution in [0.4, 0.5) is 0 Å². The number of hydrogen-bond donors (Lipinski definition) is 0. The summed E-state index contributed by atoms with van der Waals surface area (Å²) in [5.74, 6) is 0.401. The SMILES string of the molecule is CCCCc1ccc(S(=O)(=O)N2CCCN(C(=O)C3CC3)CC2)cc1. The molecule has 0 bridgehead atoms. The molecule has 3 rings (SSSR count). The van der Waals surface area contributed by atoms with Gasteiger partial charge in [0.25, 0.3) is 0 Å². The van der Waals surface area contributed by atoms with E-state index in [2.05, 4.69) is 6.92 Å². The fourth-order valence-electron chi connectivity index (χ4n) is 3.30. The Balaban J connectivity index is 1.66. The molecule has 0 atom stereocenters. The molecule has 138 valence electrons. The van der Waals surface area contributed by atoms with Crippen molar-refractivity contribution < 1.29 is 13.2 Å². The number of rotatable bonds is 6. The molecule has 2 fully saturated rings. The molecule has 0 aromatic heterocycles. The van der Waals surface area contributed by atoms with E-state index in [-0.39, 0.29) is 11.8 Å². The van der Waals surface area contributed by atoms with E-state index in [1.54, 1.807) is 12.1 Å². The Labute approximate surface area is 151 Å². The predicted molar refractivity (Wildman–Crippen MR) is 97.7 cm³/mol. The van der Waals surface area contributed by atoms with Gasteiger partial charge in [-0.05, 0) is 49.8 Å². The second-order valence-electron chi connectivity index (χ2n) is 7.10. The molecule has 1 heterocycles. The molecule has 5 nitrogen and oxygen atoms in total. The Bertz CT molecular complexity index is 696. The van der Waals surface area contributed by atoms with Crippen molar-refractivity contribution in [3.63, 3.8) is 0 Å². The number of nitrogens with zero attached hydrogens (tertiary/aromatic N) is 2. The van der Waals surface area contributed by atoms with Crippen LogP contribution in [0, 0.1) is 5.92 Å². The van der Waals surface area contributed by atoms with Crippen molar-refractivity contribution in [2.75, 3.05) is 26.2 Å². The average molecular weight is 365 g/mol. The second-order valence-corrected chi connectivity index (χ2v) is 9.04. The highest BCUT2D eigenvalue weighted by molar-refractivity contribution is 7.89. The molecule has 0 unspecified atom stereocenters. The number of hydrogen-bond acceptors (Lipinski definition) is 3. The first-order valence-corrected chi connectivity index (χ1v) is 10.8. The van der Waals surface area contributed by atoms with Crippen LogP contribution in [-0.4, -0.2) is 49.7 Å². The summed E-state index contributed by atoms with van der Waals surface area (Å²) >= 11 is 0. The number of unbranched alkanes of at least 4 members (excludes halogenated alkanes) is 1. The summed E-state index contributed by atoms with van der Waals surface area (Å²) in [6.07, 6.45) is 5.90. The Morgan fingerprint density at radius 3 is 2.44 bits per heavy atom. The lowest BCUT2D eigenvalue weighted by atomic mass is 10.1. The van der Waals surface area contributed by atoms with Crippen LogP contribution in [0.25, 0.3) is 0 Å². The minimum absolute atomic E-state index is 0.193. The molecule has 0 N–H and O–H groups in total. The van der Waals surface area contributed by atoms with Gasteiger partial charge in [0.2, 0.25) is 15.9 Å². The Hall–Kier alpha value is -1.40. The summed E-state index contributed by atoms with van der Waals surface area (Å²) in [4.78, 5) is 14.4. The number of aryl methyl sites for hydroxylation is 1. The van der Waals surface area contributed by atoms with Gasteiger partial charge in [0.1, 0.15) is 0 Å². The number of carbonyl (C=O) groups is 1. The van der Waals surface area contributed by atoms with Crippen molar-refractivity contribution in [3.05, 3.63) is 29.8 Å². The van der Waals surface area contributed by atoms with Crippen molar-refractivity contribution in [1.29, 1.82) is 0 Å². The molecule has 1 aromatic rings. The fourth-order valence-corrected chi connectivity index (χ4v) is 4.77. The monoisotopic (exact) mass is 364 g/mol. The molecule has 1 aliphatic carbocycles. The molecule has 0 spiro atoms. The summed E-state index contributed by atoms with van der Waals surface area (Å²) in [6.45, 7) is 4.18. The second kappa shape index (κ2) is 7.87. The summed E-state index contributed by atoms with van der Waals surface area (Å²) < 4.78 is 27.4. The van der Waals surface area contributed by atoms with E-state index in [9.17, 15) is 13.2 Å². The van der Waals surface area contributed by atoms with E-state index in [1.807, 2.05) is 17.0 Å². The van der Waals surface area contributed by atoms with Crippen LogP contribution in [0.3, 0.4) is 0 Å². The molecule has 2 aliphatic rings. The predicted octanol–water partition coefficient (Wildman–Crippen LogP) is 2.66. The summed E-state index contributed by atoms with van der Waals surface area (Å²) in [6, 6.07) is 7.28. The average Bonchev–Trinajstić information content (AvgIpc) is 3.46. The molecule has 1 saturated carbocycles. The van der Waals surface area contributed by atoms with E-state index >= 15 is 0 Å². The van der Waals surface area contributed by atoms with Crippen LogP contribution < -0.4 is 0 Å². The molecule has 1 amide bonds. The van der Waals surface area contributed by atoms with Gasteiger partial charge in [0.15, 0.2) is 0 Å². The maximum Gasteiger partial charge on any atom is 0.243 e. The first-order valence-electron chi connectivity index (χ1n) is 9.40. The van der Waals surface area contributed by atoms with E-state index in [4.69, 9.17) is 0 Å². The third kappa shape index (κ3) is 4.42. The third-order valence-electron chi connectivity index (χ3n) is 5.07. The fraction of sp³-hybridized carbons (Fsp3) is 0.632. The van der Waals surface area contributed by atoms with Crippen molar-refractivity contribution >= 4 is 15.9 Å². The van der Waals surface area contributed by atoms with Crippen LogP contribution in [0.2, 0.25) is 0 Å². The topological polar surface area (TPSA) is 57.7 Å². The van der Waals surface area contributed by atoms with Crippen LogP contribution in [0.1, 0.15) is 44.6 Å². The van der Waals surface area contributed by atoms with Gasteiger partial charge in [0.05, 0.1) is 4.90 Å². The van der Waals surface area contributed by atoms with Crippen LogP contribution in [-0.2, 0) is 21.2 Å². The normalized spacial score (nSPS) is 19.6. The maximum absolute atomic E-state index is 12.9. The highest BCUT2D eigenvalue weighted by Crippen LogP contribution is 2.31. The van der Waals surface area contributed by atoms with E-state index in [1.165, 1.54) is 9.87 Å². The Morgan fingerprint density at radius 2 is 1.80 bits per heavy atom. The highest BCUT2D eigenvalue weighted by Gasteiger charge is 2.35. The molecule has 0 radical (unpaired) electrons. The number of carbonyl (C=O) groups excluding carboxylic acids is 1. The van der Waals surface area contributed by atoms with E-state index < -0.39 is 10.0 Å². The number of sulfonamides is 1. The zero-order valence-corrected chi connectivity index (χ0v) is 15.8. The van der Waals surface area contributed by atoms with Gasteiger partial charge in [-0.1, -0.05) is 25.5 Å². The molecular formula is C19H28N2O3S. The van der Waals surface area contributed by atoms with Crippen LogP contribution in [0.15, 0.2) is 29.2 Å². The zero-order valence-electron chi connectivity index (χ0n) is 15.0. The molecule has 25 heavy (non-hydrogen) atoms. The standard InChI is InChI=1S/C19H28N2O3S/c1-2-3-5-16-6-10-18(11-7-16)25(23,24)21-13-4-12-20(14-15-21)19(22)17-8-9-17/h6-7,10-11,17H,2-5,8-9,12-15H2,1H3. The lowest BCUT2D eigenvalue weighted by molar-refractivity contribution is -0.132. The van der Waals surface area contributed by atoms with Crippen molar-refractivity contribution in [2.24, 2.45) is 5.92 Å². The van der Waals surface area contributed by atoms with E-state index in [0.717, 1.165) is 32.1 Å². The smallest absolute Gasteiger partial charge is 0.243 e. The first-order chi connectivity index (χ1) is 12.0. The Kier molecular flexibility index (Phi) is 5.79.